The molecule has 0 rings (SSSR count). The molecule has 0 heterocycles. The van der Waals surface area contributed by atoms with E-state index in [2.05, 4.69) is 0 Å². The minimum absolute atomic E-state index is 3.29. The van der Waals surface area contributed by atoms with Gasteiger partial charge in [0.1, 0.15) is 5.73 Å². The Balaban J connectivity index is 6.17. The topological polar surface area (TPSA) is 80.9 Å². The molecular formula is C8H7F13O4Si. The third kappa shape index (κ3) is 3.73. The molecule has 1 unspecified atom stereocenters. The van der Waals surface area contributed by atoms with E-state index in [-0.39, 0.29) is 0 Å². The van der Waals surface area contributed by atoms with Crippen LogP contribution in [0.15, 0.2) is 0 Å². The van der Waals surface area contributed by atoms with E-state index in [0.717, 1.165) is 0 Å². The Morgan fingerprint density at radius 2 is 0.885 bits per heavy atom. The standard InChI is InChI=1S/C8H7F13O4Si/c9-3(10,1-2(22)26(23,24)25)4(11,12)5(13,14)6(15,16)7(17,18)8(19,20)21/h2,22-25H,1H2. The van der Waals surface area contributed by atoms with Crippen molar-refractivity contribution in [3.8, 4) is 0 Å². The molecule has 0 bridgehead atoms. The fourth-order valence-corrected chi connectivity index (χ4v) is 1.84. The van der Waals surface area contributed by atoms with Crippen molar-refractivity contribution >= 4 is 8.80 Å². The van der Waals surface area contributed by atoms with Crippen LogP contribution in [0.3, 0.4) is 0 Å². The zero-order valence-electron chi connectivity index (χ0n) is 11.5. The van der Waals surface area contributed by atoms with E-state index in [0.29, 0.717) is 0 Å². The van der Waals surface area contributed by atoms with Gasteiger partial charge in [0.15, 0.2) is 0 Å². The highest BCUT2D eigenvalue weighted by atomic mass is 28.4. The van der Waals surface area contributed by atoms with E-state index < -0.39 is 56.7 Å². The van der Waals surface area contributed by atoms with E-state index in [1.807, 2.05) is 0 Å². The highest BCUT2D eigenvalue weighted by Crippen LogP contribution is 2.60. The lowest BCUT2D eigenvalue weighted by molar-refractivity contribution is -0.440. The number of alkyl halides is 13. The SMILES string of the molecule is OC(CC(F)(F)C(F)(F)C(F)(F)C(F)(F)C(F)(F)C(F)(F)F)[Si](O)(O)O. The summed E-state index contributed by atoms with van der Waals surface area (Å²) in [6.07, 6.45) is -10.8. The summed E-state index contributed by atoms with van der Waals surface area (Å²) < 4.78 is 165. The fraction of sp³-hybridized carbons (Fsp3) is 1.00. The van der Waals surface area contributed by atoms with E-state index in [9.17, 15) is 57.1 Å². The van der Waals surface area contributed by atoms with Crippen LogP contribution in [-0.4, -0.2) is 69.8 Å². The smallest absolute Gasteiger partial charge is 0.388 e. The maximum atomic E-state index is 13.1. The first-order valence-corrected chi connectivity index (χ1v) is 7.61. The Bertz CT molecular complexity index is 511. The quantitative estimate of drug-likeness (QED) is 0.359. The van der Waals surface area contributed by atoms with Crippen molar-refractivity contribution in [1.82, 2.24) is 0 Å². The zero-order chi connectivity index (χ0) is 21.8. The predicted octanol–water partition coefficient (Wildman–Crippen LogP) is 1.93. The van der Waals surface area contributed by atoms with Gasteiger partial charge in [-0.3, -0.25) is 0 Å². The van der Waals surface area contributed by atoms with Gasteiger partial charge in [0.05, 0.1) is 0 Å². The molecule has 26 heavy (non-hydrogen) atoms. The summed E-state index contributed by atoms with van der Waals surface area (Å²) in [5, 5.41) is 8.58. The summed E-state index contributed by atoms with van der Waals surface area (Å²) >= 11 is 0. The zero-order valence-corrected chi connectivity index (χ0v) is 12.5. The maximum absolute atomic E-state index is 13.1. The summed E-state index contributed by atoms with van der Waals surface area (Å²) in [5.74, 6) is -38.4. The first-order chi connectivity index (χ1) is 10.9. The molecule has 4 nitrogen and oxygen atoms in total. The molecule has 0 saturated heterocycles. The summed E-state index contributed by atoms with van der Waals surface area (Å²) in [6.45, 7) is 0. The first kappa shape index (κ1) is 25.1. The lowest BCUT2D eigenvalue weighted by Gasteiger charge is -2.40. The summed E-state index contributed by atoms with van der Waals surface area (Å²) in [6, 6.07) is 0. The maximum Gasteiger partial charge on any atom is 0.523 e. The molecule has 0 aliphatic heterocycles. The van der Waals surface area contributed by atoms with E-state index in [1.165, 1.54) is 0 Å². The van der Waals surface area contributed by atoms with Crippen LogP contribution < -0.4 is 0 Å². The van der Waals surface area contributed by atoms with Crippen LogP contribution in [0.2, 0.25) is 0 Å². The molecule has 0 aliphatic carbocycles. The molecule has 18 heteroatoms. The van der Waals surface area contributed by atoms with Crippen molar-refractivity contribution < 1.29 is 76.6 Å². The summed E-state index contributed by atoms with van der Waals surface area (Å²) in [4.78, 5) is 25.0. The Morgan fingerprint density at radius 3 is 1.15 bits per heavy atom. The van der Waals surface area contributed by atoms with E-state index in [4.69, 9.17) is 19.5 Å². The molecule has 0 aromatic heterocycles. The lowest BCUT2D eigenvalue weighted by atomic mass is 9.93. The first-order valence-electron chi connectivity index (χ1n) is 5.69. The van der Waals surface area contributed by atoms with Crippen LogP contribution in [-0.2, 0) is 0 Å². The van der Waals surface area contributed by atoms with Gasteiger partial charge in [-0.2, -0.15) is 57.1 Å². The van der Waals surface area contributed by atoms with Crippen molar-refractivity contribution in [2.75, 3.05) is 0 Å². The second-order valence-corrected chi connectivity index (χ2v) is 6.95. The molecule has 0 aromatic rings. The molecule has 158 valence electrons. The van der Waals surface area contributed by atoms with Gasteiger partial charge >= 0.3 is 44.6 Å². The fourth-order valence-electron chi connectivity index (χ4n) is 1.31. The highest BCUT2D eigenvalue weighted by molar-refractivity contribution is 6.57. The van der Waals surface area contributed by atoms with Crippen molar-refractivity contribution in [3.63, 3.8) is 0 Å². The average Bonchev–Trinajstić information content (AvgIpc) is 2.34. The Kier molecular flexibility index (Phi) is 6.14. The van der Waals surface area contributed by atoms with E-state index in [1.54, 1.807) is 0 Å². The van der Waals surface area contributed by atoms with Gasteiger partial charge in [0.2, 0.25) is 0 Å². The Morgan fingerprint density at radius 1 is 0.577 bits per heavy atom. The van der Waals surface area contributed by atoms with E-state index >= 15 is 0 Å². The van der Waals surface area contributed by atoms with Gasteiger partial charge in [-0.05, 0) is 0 Å². The predicted molar refractivity (Wildman–Crippen MR) is 53.8 cm³/mol. The molecule has 0 radical (unpaired) electrons. The Labute approximate surface area is 134 Å². The Hall–Kier alpha value is -0.853. The molecule has 0 saturated carbocycles. The van der Waals surface area contributed by atoms with Crippen LogP contribution in [0.1, 0.15) is 6.42 Å². The van der Waals surface area contributed by atoms with Gasteiger partial charge in [-0.1, -0.05) is 0 Å². The van der Waals surface area contributed by atoms with Crippen molar-refractivity contribution in [3.05, 3.63) is 0 Å². The second-order valence-electron chi connectivity index (χ2n) is 4.91. The van der Waals surface area contributed by atoms with Gasteiger partial charge < -0.3 is 19.5 Å². The molecule has 0 aliphatic rings. The third-order valence-electron chi connectivity index (χ3n) is 2.90. The van der Waals surface area contributed by atoms with Gasteiger partial charge in [-0.25, -0.2) is 0 Å². The average molecular weight is 442 g/mol. The van der Waals surface area contributed by atoms with Gasteiger partial charge in [-0.15, -0.1) is 0 Å². The molecule has 0 spiro atoms. The number of hydrogen-bond acceptors (Lipinski definition) is 4. The molecule has 1 atom stereocenters. The summed E-state index contributed by atoms with van der Waals surface area (Å²) in [5.41, 5.74) is -3.71. The highest BCUT2D eigenvalue weighted by Gasteiger charge is 2.90. The molecule has 0 aromatic carbocycles. The van der Waals surface area contributed by atoms with Crippen molar-refractivity contribution in [2.24, 2.45) is 0 Å². The monoisotopic (exact) mass is 442 g/mol. The number of hydrogen-bond donors (Lipinski definition) is 4. The third-order valence-corrected chi connectivity index (χ3v) is 3.99. The second kappa shape index (κ2) is 6.35. The number of aliphatic hydroxyl groups is 1. The normalized spacial score (nSPS) is 17.4. The van der Waals surface area contributed by atoms with Crippen LogP contribution in [0, 0.1) is 0 Å². The number of rotatable bonds is 7. The lowest BCUT2D eigenvalue weighted by Crippen LogP contribution is -2.70. The number of halogens is 13. The van der Waals surface area contributed by atoms with Crippen LogP contribution in [0.5, 0.6) is 0 Å². The minimum Gasteiger partial charge on any atom is -0.388 e. The number of aliphatic hydroxyl groups excluding tert-OH is 1. The van der Waals surface area contributed by atoms with Crippen molar-refractivity contribution in [2.45, 2.75) is 47.9 Å². The molecular weight excluding hydrogens is 435 g/mol. The molecule has 4 N–H and O–H groups in total. The van der Waals surface area contributed by atoms with Gasteiger partial charge in [0.25, 0.3) is 0 Å². The molecule has 0 fully saturated rings. The molecule has 0 amide bonds. The van der Waals surface area contributed by atoms with Crippen LogP contribution in [0.4, 0.5) is 57.1 Å². The van der Waals surface area contributed by atoms with Gasteiger partial charge in [0, 0.05) is 6.42 Å². The van der Waals surface area contributed by atoms with Crippen LogP contribution in [0.25, 0.3) is 0 Å². The summed E-state index contributed by atoms with van der Waals surface area (Å²) in [7, 11) is -6.14. The van der Waals surface area contributed by atoms with Crippen LogP contribution >= 0.6 is 0 Å². The van der Waals surface area contributed by atoms with Crippen molar-refractivity contribution in [1.29, 1.82) is 0 Å². The minimum atomic E-state index is -8.09. The largest absolute Gasteiger partial charge is 0.523 e.